The van der Waals surface area contributed by atoms with Gasteiger partial charge in [-0.05, 0) is 19.1 Å². The lowest BCUT2D eigenvalue weighted by molar-refractivity contribution is 0.153. The maximum Gasteiger partial charge on any atom is 0.260 e. The summed E-state index contributed by atoms with van der Waals surface area (Å²) in [5.74, 6) is -0.0184. The van der Waals surface area contributed by atoms with Crippen LogP contribution in [0.4, 0.5) is 5.82 Å². The number of hydrogen-bond donors (Lipinski definition) is 2. The summed E-state index contributed by atoms with van der Waals surface area (Å²) in [4.78, 5) is 4.01. The first-order chi connectivity index (χ1) is 9.06. The lowest BCUT2D eigenvalue weighted by Gasteiger charge is -2.07. The van der Waals surface area contributed by atoms with Gasteiger partial charge in [0, 0.05) is 19.3 Å². The highest BCUT2D eigenvalue weighted by atomic mass is 32.2. The Kier molecular flexibility index (Phi) is 4.03. The molecule has 0 aliphatic carbocycles. The maximum atomic E-state index is 12.2. The lowest BCUT2D eigenvalue weighted by atomic mass is 10.5. The minimum atomic E-state index is -3.71. The van der Waals surface area contributed by atoms with Crippen molar-refractivity contribution in [3.05, 3.63) is 24.4 Å². The first kappa shape index (κ1) is 13.8. The molecule has 0 fully saturated rings. The Hall–Kier alpha value is -1.64. The van der Waals surface area contributed by atoms with Crippen molar-refractivity contribution in [2.75, 3.05) is 25.5 Å². The molecule has 8 heteroatoms. The lowest BCUT2D eigenvalue weighted by Crippen LogP contribution is -2.29. The Morgan fingerprint density at radius 3 is 3.00 bits per heavy atom. The van der Waals surface area contributed by atoms with Gasteiger partial charge in [-0.3, -0.25) is 4.40 Å². The predicted molar refractivity (Wildman–Crippen MR) is 71.3 cm³/mol. The van der Waals surface area contributed by atoms with Gasteiger partial charge in [-0.25, -0.2) is 18.1 Å². The summed E-state index contributed by atoms with van der Waals surface area (Å²) < 4.78 is 33.3. The molecular weight excluding hydrogens is 268 g/mol. The molecule has 2 rings (SSSR count). The second kappa shape index (κ2) is 5.55. The molecule has 7 nitrogen and oxygen atoms in total. The standard InChI is InChI=1S/C11H16N4O3S/c1-2-18-8-6-13-19(16,17)11-10(12)14-9-5-3-4-7-15(9)11/h3-5,7,13H,2,6,8,12H2,1H3. The van der Waals surface area contributed by atoms with Crippen molar-refractivity contribution >= 4 is 21.5 Å². The van der Waals surface area contributed by atoms with E-state index in [-0.39, 0.29) is 17.4 Å². The van der Waals surface area contributed by atoms with E-state index in [0.717, 1.165) is 0 Å². The van der Waals surface area contributed by atoms with Crippen LogP contribution in [0.15, 0.2) is 29.4 Å². The highest BCUT2D eigenvalue weighted by Crippen LogP contribution is 2.19. The Bertz CT molecular complexity index is 666. The molecule has 0 radical (unpaired) electrons. The minimum Gasteiger partial charge on any atom is -0.381 e. The predicted octanol–water partition coefficient (Wildman–Crippen LogP) is 0.231. The maximum absolute atomic E-state index is 12.2. The van der Waals surface area contributed by atoms with E-state index < -0.39 is 10.0 Å². The number of nitrogens with one attached hydrogen (secondary N) is 1. The highest BCUT2D eigenvalue weighted by molar-refractivity contribution is 7.89. The summed E-state index contributed by atoms with van der Waals surface area (Å²) in [6, 6.07) is 5.17. The average Bonchev–Trinajstić information content (AvgIpc) is 2.71. The van der Waals surface area contributed by atoms with Gasteiger partial charge in [0.25, 0.3) is 10.0 Å². The van der Waals surface area contributed by atoms with E-state index in [1.807, 2.05) is 6.92 Å². The van der Waals surface area contributed by atoms with Crippen LogP contribution in [0.3, 0.4) is 0 Å². The summed E-state index contributed by atoms with van der Waals surface area (Å²) >= 11 is 0. The Morgan fingerprint density at radius 2 is 2.26 bits per heavy atom. The van der Waals surface area contributed by atoms with Crippen molar-refractivity contribution in [2.45, 2.75) is 11.9 Å². The van der Waals surface area contributed by atoms with Gasteiger partial charge in [0.15, 0.2) is 10.8 Å². The zero-order valence-corrected chi connectivity index (χ0v) is 11.4. The molecule has 0 atom stereocenters. The van der Waals surface area contributed by atoms with Gasteiger partial charge in [0.05, 0.1) is 6.61 Å². The molecule has 0 aliphatic heterocycles. The van der Waals surface area contributed by atoms with Crippen LogP contribution in [0.5, 0.6) is 0 Å². The van der Waals surface area contributed by atoms with Crippen molar-refractivity contribution in [2.24, 2.45) is 0 Å². The van der Waals surface area contributed by atoms with E-state index in [9.17, 15) is 8.42 Å². The van der Waals surface area contributed by atoms with Crippen molar-refractivity contribution in [3.63, 3.8) is 0 Å². The number of pyridine rings is 1. The SMILES string of the molecule is CCOCCNS(=O)(=O)c1c(N)nc2ccccn12. The first-order valence-electron chi connectivity index (χ1n) is 5.86. The van der Waals surface area contributed by atoms with Crippen LogP contribution in [0.25, 0.3) is 5.65 Å². The van der Waals surface area contributed by atoms with Gasteiger partial charge in [-0.15, -0.1) is 0 Å². The molecule has 0 unspecified atom stereocenters. The number of hydrogen-bond acceptors (Lipinski definition) is 5. The van der Waals surface area contributed by atoms with E-state index in [2.05, 4.69) is 9.71 Å². The smallest absolute Gasteiger partial charge is 0.260 e. The number of ether oxygens (including phenoxy) is 1. The molecule has 2 heterocycles. The van der Waals surface area contributed by atoms with Crippen LogP contribution in [0, 0.1) is 0 Å². The molecule has 0 aliphatic rings. The number of nitrogens with zero attached hydrogens (tertiary/aromatic N) is 2. The van der Waals surface area contributed by atoms with Crippen molar-refractivity contribution < 1.29 is 13.2 Å². The van der Waals surface area contributed by atoms with E-state index in [1.165, 1.54) is 4.40 Å². The summed E-state index contributed by atoms with van der Waals surface area (Å²) in [5.41, 5.74) is 6.18. The third-order valence-corrected chi connectivity index (χ3v) is 4.01. The summed E-state index contributed by atoms with van der Waals surface area (Å²) in [6.45, 7) is 2.89. The molecule has 0 saturated heterocycles. The van der Waals surface area contributed by atoms with E-state index >= 15 is 0 Å². The molecule has 104 valence electrons. The molecule has 3 N–H and O–H groups in total. The van der Waals surface area contributed by atoms with Crippen molar-refractivity contribution in [3.8, 4) is 0 Å². The molecule has 2 aromatic rings. The number of imidazole rings is 1. The quantitative estimate of drug-likeness (QED) is 0.740. The Morgan fingerprint density at radius 1 is 1.47 bits per heavy atom. The third kappa shape index (κ3) is 2.86. The van der Waals surface area contributed by atoms with Crippen LogP contribution in [0.1, 0.15) is 6.92 Å². The number of sulfonamides is 1. The number of anilines is 1. The number of nitrogens with two attached hydrogens (primary N) is 1. The van der Waals surface area contributed by atoms with E-state index in [0.29, 0.717) is 18.9 Å². The fraction of sp³-hybridized carbons (Fsp3) is 0.364. The van der Waals surface area contributed by atoms with Crippen molar-refractivity contribution in [1.82, 2.24) is 14.1 Å². The fourth-order valence-corrected chi connectivity index (χ4v) is 2.94. The second-order valence-electron chi connectivity index (χ2n) is 3.83. The van der Waals surface area contributed by atoms with Crippen LogP contribution in [0.2, 0.25) is 0 Å². The van der Waals surface area contributed by atoms with Gasteiger partial charge in [0.1, 0.15) is 5.65 Å². The first-order valence-corrected chi connectivity index (χ1v) is 7.34. The molecule has 0 saturated carbocycles. The van der Waals surface area contributed by atoms with Crippen LogP contribution >= 0.6 is 0 Å². The monoisotopic (exact) mass is 284 g/mol. The van der Waals surface area contributed by atoms with E-state index in [1.54, 1.807) is 24.4 Å². The van der Waals surface area contributed by atoms with Gasteiger partial charge in [-0.2, -0.15) is 0 Å². The fourth-order valence-electron chi connectivity index (χ4n) is 1.72. The van der Waals surface area contributed by atoms with E-state index in [4.69, 9.17) is 10.5 Å². The third-order valence-electron chi connectivity index (χ3n) is 2.51. The largest absolute Gasteiger partial charge is 0.381 e. The van der Waals surface area contributed by atoms with Crippen LogP contribution in [-0.4, -0.2) is 37.6 Å². The molecular formula is C11H16N4O3S. The molecule has 0 amide bonds. The zero-order chi connectivity index (χ0) is 13.9. The number of fused-ring (bicyclic) bond motifs is 1. The van der Waals surface area contributed by atoms with Gasteiger partial charge in [0.2, 0.25) is 0 Å². The van der Waals surface area contributed by atoms with Gasteiger partial charge >= 0.3 is 0 Å². The minimum absolute atomic E-state index is 0.0184. The van der Waals surface area contributed by atoms with Crippen molar-refractivity contribution in [1.29, 1.82) is 0 Å². The molecule has 0 aromatic carbocycles. The Labute approximate surface area is 111 Å². The van der Waals surface area contributed by atoms with Gasteiger partial charge < -0.3 is 10.5 Å². The molecule has 2 aromatic heterocycles. The van der Waals surface area contributed by atoms with Crippen LogP contribution < -0.4 is 10.5 Å². The zero-order valence-electron chi connectivity index (χ0n) is 10.5. The summed E-state index contributed by atoms with van der Waals surface area (Å²) in [6.07, 6.45) is 1.61. The number of nitrogen functional groups attached to an aromatic ring is 1. The summed E-state index contributed by atoms with van der Waals surface area (Å²) in [5, 5.41) is -0.0420. The topological polar surface area (TPSA) is 98.7 Å². The Balaban J connectivity index is 2.30. The van der Waals surface area contributed by atoms with Gasteiger partial charge in [-0.1, -0.05) is 6.07 Å². The molecule has 19 heavy (non-hydrogen) atoms. The molecule has 0 spiro atoms. The second-order valence-corrected chi connectivity index (χ2v) is 5.51. The summed E-state index contributed by atoms with van der Waals surface area (Å²) in [7, 11) is -3.71. The average molecular weight is 284 g/mol. The molecule has 0 bridgehead atoms. The normalized spacial score (nSPS) is 12.1. The number of rotatable bonds is 6. The highest BCUT2D eigenvalue weighted by Gasteiger charge is 2.23. The number of aromatic nitrogens is 2. The van der Waals surface area contributed by atoms with Crippen LogP contribution in [-0.2, 0) is 14.8 Å².